The normalized spacial score (nSPS) is 21.4. The van der Waals surface area contributed by atoms with E-state index in [2.05, 4.69) is 31.9 Å². The van der Waals surface area contributed by atoms with Gasteiger partial charge in [0, 0.05) is 32.9 Å². The quantitative estimate of drug-likeness (QED) is 0.551. The predicted molar refractivity (Wildman–Crippen MR) is 127 cm³/mol. The number of likely N-dealkylation sites (tertiary alicyclic amines) is 2. The first kappa shape index (κ1) is 22.1. The third-order valence-corrected chi connectivity index (χ3v) is 7.66. The molecule has 0 radical (unpaired) electrons. The van der Waals surface area contributed by atoms with E-state index in [4.69, 9.17) is 9.47 Å². The zero-order valence-corrected chi connectivity index (χ0v) is 20.7. The molecule has 8 heteroatoms. The largest absolute Gasteiger partial charge is 0.371 e. The molecule has 4 aliphatic heterocycles. The molecule has 0 unspecified atom stereocenters. The van der Waals surface area contributed by atoms with E-state index in [1.807, 2.05) is 58.3 Å². The molecule has 2 aromatic rings. The molecule has 2 amide bonds. The van der Waals surface area contributed by atoms with Crippen LogP contribution in [0.25, 0.3) is 0 Å². The van der Waals surface area contributed by atoms with Crippen molar-refractivity contribution in [2.75, 3.05) is 39.4 Å². The van der Waals surface area contributed by atoms with Crippen LogP contribution in [0.2, 0.25) is 0 Å². The number of carbonyl (C=O) groups excluding carboxylic acids is 2. The number of halogens is 2. The zero-order chi connectivity index (χ0) is 22.3. The number of rotatable bonds is 2. The molecule has 6 rings (SSSR count). The number of nitrogens with zero attached hydrogens (tertiary/aromatic N) is 2. The van der Waals surface area contributed by atoms with E-state index in [1.54, 1.807) is 0 Å². The van der Waals surface area contributed by atoms with Gasteiger partial charge >= 0.3 is 0 Å². The fourth-order valence-corrected chi connectivity index (χ4v) is 4.94. The van der Waals surface area contributed by atoms with Crippen LogP contribution in [0.4, 0.5) is 0 Å². The number of hydrogen-bond donors (Lipinski definition) is 0. The van der Waals surface area contributed by atoms with E-state index in [0.717, 1.165) is 72.3 Å². The highest BCUT2D eigenvalue weighted by molar-refractivity contribution is 9.10. The van der Waals surface area contributed by atoms with Crippen LogP contribution < -0.4 is 0 Å². The summed E-state index contributed by atoms with van der Waals surface area (Å²) in [7, 11) is 0. The monoisotopic (exact) mass is 562 g/mol. The maximum Gasteiger partial charge on any atom is 0.254 e. The lowest BCUT2D eigenvalue weighted by Gasteiger charge is -2.55. The zero-order valence-electron chi connectivity index (χ0n) is 17.6. The van der Waals surface area contributed by atoms with E-state index in [0.29, 0.717) is 0 Å². The summed E-state index contributed by atoms with van der Waals surface area (Å²) in [6, 6.07) is 15.0. The van der Waals surface area contributed by atoms with Gasteiger partial charge < -0.3 is 19.3 Å². The van der Waals surface area contributed by atoms with Crippen LogP contribution in [0.15, 0.2) is 57.5 Å². The molecule has 2 spiro atoms. The van der Waals surface area contributed by atoms with Crippen LogP contribution in [0.1, 0.15) is 33.6 Å². The van der Waals surface area contributed by atoms with Crippen LogP contribution in [-0.4, -0.2) is 72.2 Å². The first-order valence-electron chi connectivity index (χ1n) is 10.7. The maximum absolute atomic E-state index is 12.0. The van der Waals surface area contributed by atoms with Gasteiger partial charge in [-0.2, -0.15) is 0 Å². The minimum absolute atomic E-state index is 0.0189. The highest BCUT2D eigenvalue weighted by Crippen LogP contribution is 2.37. The van der Waals surface area contributed by atoms with Gasteiger partial charge in [-0.15, -0.1) is 0 Å². The van der Waals surface area contributed by atoms with Crippen molar-refractivity contribution in [3.05, 3.63) is 68.6 Å². The number of hydrogen-bond acceptors (Lipinski definition) is 4. The molecule has 4 aliphatic rings. The minimum atomic E-state index is 0.0189. The van der Waals surface area contributed by atoms with Crippen LogP contribution in [0, 0.1) is 0 Å². The Balaban J connectivity index is 0.000000135. The van der Waals surface area contributed by atoms with E-state index >= 15 is 0 Å². The van der Waals surface area contributed by atoms with Gasteiger partial charge in [-0.3, -0.25) is 9.59 Å². The summed E-state index contributed by atoms with van der Waals surface area (Å²) in [4.78, 5) is 27.7. The molecule has 4 saturated heterocycles. The van der Waals surface area contributed by atoms with Crippen LogP contribution in [0.5, 0.6) is 0 Å². The van der Waals surface area contributed by atoms with E-state index in [1.165, 1.54) is 0 Å². The van der Waals surface area contributed by atoms with Gasteiger partial charge in [0.15, 0.2) is 0 Å². The second-order valence-electron chi connectivity index (χ2n) is 8.90. The third kappa shape index (κ3) is 4.25. The van der Waals surface area contributed by atoms with Crippen molar-refractivity contribution < 1.29 is 19.1 Å². The number of carbonyl (C=O) groups is 2. The molecular weight excluding hydrogens is 540 g/mol. The first-order valence-corrected chi connectivity index (χ1v) is 12.3. The number of benzene rings is 2. The summed E-state index contributed by atoms with van der Waals surface area (Å²) in [5, 5.41) is 0. The van der Waals surface area contributed by atoms with Crippen molar-refractivity contribution in [3.63, 3.8) is 0 Å². The molecule has 6 nitrogen and oxygen atoms in total. The Kier molecular flexibility index (Phi) is 5.90. The van der Waals surface area contributed by atoms with E-state index in [9.17, 15) is 9.59 Å². The average molecular weight is 564 g/mol. The lowest BCUT2D eigenvalue weighted by molar-refractivity contribution is -0.209. The summed E-state index contributed by atoms with van der Waals surface area (Å²) in [5.41, 5.74) is 1.53. The van der Waals surface area contributed by atoms with Crippen molar-refractivity contribution in [1.29, 1.82) is 0 Å². The highest BCUT2D eigenvalue weighted by Gasteiger charge is 2.51. The van der Waals surface area contributed by atoms with Crippen molar-refractivity contribution >= 4 is 43.7 Å². The average Bonchev–Trinajstić information content (AvgIpc) is 2.65. The van der Waals surface area contributed by atoms with Gasteiger partial charge in [-0.25, -0.2) is 0 Å². The summed E-state index contributed by atoms with van der Waals surface area (Å²) >= 11 is 6.71. The molecule has 2 aromatic carbocycles. The first-order chi connectivity index (χ1) is 15.4. The minimum Gasteiger partial charge on any atom is -0.371 e. The van der Waals surface area contributed by atoms with Crippen LogP contribution >= 0.6 is 31.9 Å². The standard InChI is InChI=1S/2C12H12BrNO2/c2*13-10-3-1-9(2-4-10)11(15)14-7-12(8-14)5-6-16-12/h2*1-4H,5-8H2. The summed E-state index contributed by atoms with van der Waals surface area (Å²) in [6.07, 6.45) is 2.19. The van der Waals surface area contributed by atoms with Crippen molar-refractivity contribution in [1.82, 2.24) is 9.80 Å². The molecule has 4 fully saturated rings. The molecule has 4 heterocycles. The van der Waals surface area contributed by atoms with Gasteiger partial charge in [-0.1, -0.05) is 31.9 Å². The Bertz CT molecular complexity index is 918. The Hall–Kier alpha value is -1.74. The summed E-state index contributed by atoms with van der Waals surface area (Å²) in [5.74, 6) is 0.210. The van der Waals surface area contributed by atoms with Crippen LogP contribution in [0.3, 0.4) is 0 Å². The Morgan fingerprint density at radius 1 is 0.656 bits per heavy atom. The molecular formula is C24H24Br2N2O4. The number of ether oxygens (including phenoxy) is 2. The second kappa shape index (κ2) is 8.56. The lowest BCUT2D eigenvalue weighted by Crippen LogP contribution is -2.69. The predicted octanol–water partition coefficient (Wildman–Crippen LogP) is 4.13. The second-order valence-corrected chi connectivity index (χ2v) is 10.7. The lowest BCUT2D eigenvalue weighted by atomic mass is 9.86. The maximum atomic E-state index is 12.0. The molecule has 0 aliphatic carbocycles. The van der Waals surface area contributed by atoms with Crippen LogP contribution in [-0.2, 0) is 9.47 Å². The molecule has 0 bridgehead atoms. The van der Waals surface area contributed by atoms with Gasteiger partial charge in [0.05, 0.1) is 39.4 Å². The van der Waals surface area contributed by atoms with Crippen molar-refractivity contribution in [2.45, 2.75) is 24.0 Å². The Labute approximate surface area is 204 Å². The van der Waals surface area contributed by atoms with Crippen molar-refractivity contribution in [3.8, 4) is 0 Å². The topological polar surface area (TPSA) is 59.1 Å². The van der Waals surface area contributed by atoms with Gasteiger partial charge in [0.2, 0.25) is 0 Å². The Morgan fingerprint density at radius 3 is 1.22 bits per heavy atom. The molecule has 0 aromatic heterocycles. The summed E-state index contributed by atoms with van der Waals surface area (Å²) in [6.45, 7) is 4.70. The molecule has 0 N–H and O–H groups in total. The van der Waals surface area contributed by atoms with Gasteiger partial charge in [-0.05, 0) is 48.5 Å². The number of amides is 2. The van der Waals surface area contributed by atoms with E-state index in [-0.39, 0.29) is 23.0 Å². The highest BCUT2D eigenvalue weighted by atomic mass is 79.9. The smallest absolute Gasteiger partial charge is 0.254 e. The molecule has 32 heavy (non-hydrogen) atoms. The van der Waals surface area contributed by atoms with Gasteiger partial charge in [0.25, 0.3) is 11.8 Å². The van der Waals surface area contributed by atoms with Gasteiger partial charge in [0.1, 0.15) is 11.2 Å². The van der Waals surface area contributed by atoms with E-state index < -0.39 is 0 Å². The fraction of sp³-hybridized carbons (Fsp3) is 0.417. The molecule has 0 atom stereocenters. The Morgan fingerprint density at radius 2 is 0.969 bits per heavy atom. The fourth-order valence-electron chi connectivity index (χ4n) is 4.42. The van der Waals surface area contributed by atoms with Crippen molar-refractivity contribution in [2.24, 2.45) is 0 Å². The molecule has 0 saturated carbocycles. The third-order valence-electron chi connectivity index (χ3n) is 6.60. The SMILES string of the molecule is O=C(c1ccc(Br)cc1)N1CC2(CCO2)C1.O=C(c1ccc(Br)cc1)N1CC2(CCO2)C1. The molecule has 168 valence electrons. The summed E-state index contributed by atoms with van der Waals surface area (Å²) < 4.78 is 13.0.